The summed E-state index contributed by atoms with van der Waals surface area (Å²) >= 11 is 12.4. The molecule has 0 atom stereocenters. The first kappa shape index (κ1) is 22.3. The van der Waals surface area contributed by atoms with Crippen LogP contribution in [-0.4, -0.2) is 29.0 Å². The molecule has 1 heterocycles. The van der Waals surface area contributed by atoms with Gasteiger partial charge in [0.2, 0.25) is 0 Å². The van der Waals surface area contributed by atoms with E-state index in [4.69, 9.17) is 32.7 Å². The maximum absolute atomic E-state index is 12.6. The smallest absolute Gasteiger partial charge is 0.359 e. The van der Waals surface area contributed by atoms with Gasteiger partial charge in [-0.15, -0.1) is 0 Å². The predicted molar refractivity (Wildman–Crippen MR) is 119 cm³/mol. The van der Waals surface area contributed by atoms with E-state index in [1.807, 2.05) is 56.3 Å². The quantitative estimate of drug-likeness (QED) is 0.402. The molecule has 0 saturated heterocycles. The van der Waals surface area contributed by atoms with E-state index in [9.17, 15) is 4.79 Å². The monoisotopic (exact) mass is 446 g/mol. The van der Waals surface area contributed by atoms with Crippen molar-refractivity contribution in [2.75, 3.05) is 13.2 Å². The van der Waals surface area contributed by atoms with Crippen LogP contribution < -0.4 is 0 Å². The second-order valence-electron chi connectivity index (χ2n) is 6.78. The average Bonchev–Trinajstić information content (AvgIpc) is 3.08. The molecule has 0 bridgehead atoms. The van der Waals surface area contributed by atoms with Crippen molar-refractivity contribution in [2.45, 2.75) is 33.9 Å². The number of esters is 1. The minimum Gasteiger partial charge on any atom is -0.461 e. The number of rotatable bonds is 8. The second kappa shape index (κ2) is 10.1. The van der Waals surface area contributed by atoms with Gasteiger partial charge in [0.1, 0.15) is 0 Å². The van der Waals surface area contributed by atoms with Gasteiger partial charge in [-0.05, 0) is 50.1 Å². The van der Waals surface area contributed by atoms with E-state index >= 15 is 0 Å². The molecule has 0 aliphatic rings. The first-order valence-electron chi connectivity index (χ1n) is 9.80. The highest BCUT2D eigenvalue weighted by Crippen LogP contribution is 2.30. The Hall–Kier alpha value is -2.34. The lowest BCUT2D eigenvalue weighted by molar-refractivity contribution is 0.0511. The molecule has 0 spiro atoms. The lowest BCUT2D eigenvalue weighted by Gasteiger charge is -2.11. The van der Waals surface area contributed by atoms with E-state index < -0.39 is 5.97 Å². The lowest BCUT2D eigenvalue weighted by atomic mass is 10.1. The van der Waals surface area contributed by atoms with Crippen molar-refractivity contribution in [2.24, 2.45) is 0 Å². The number of hydrogen-bond donors (Lipinski definition) is 0. The number of aryl methyl sites for hydroxylation is 1. The third-order valence-corrected chi connectivity index (χ3v) is 5.32. The zero-order valence-electron chi connectivity index (χ0n) is 17.2. The number of hydrogen-bond acceptors (Lipinski definition) is 4. The summed E-state index contributed by atoms with van der Waals surface area (Å²) in [5.41, 5.74) is 4.60. The van der Waals surface area contributed by atoms with Crippen molar-refractivity contribution in [3.8, 4) is 11.3 Å². The second-order valence-corrected chi connectivity index (χ2v) is 7.63. The molecule has 0 N–H and O–H groups in total. The van der Waals surface area contributed by atoms with Gasteiger partial charge in [-0.3, -0.25) is 4.68 Å². The number of carbonyl (C=O) groups is 1. The molecule has 0 aliphatic carbocycles. The van der Waals surface area contributed by atoms with Crippen LogP contribution in [0.25, 0.3) is 11.3 Å². The zero-order chi connectivity index (χ0) is 21.7. The molecule has 2 aromatic carbocycles. The van der Waals surface area contributed by atoms with Gasteiger partial charge in [0.15, 0.2) is 5.69 Å². The van der Waals surface area contributed by atoms with Gasteiger partial charge in [-0.25, -0.2) is 4.79 Å². The number of carbonyl (C=O) groups excluding carboxylic acids is 1. The topological polar surface area (TPSA) is 53.4 Å². The highest BCUT2D eigenvalue weighted by Gasteiger charge is 2.25. The molecule has 158 valence electrons. The minimum absolute atomic E-state index is 0.247. The summed E-state index contributed by atoms with van der Waals surface area (Å²) in [4.78, 5) is 12.6. The molecule has 3 rings (SSSR count). The molecule has 1 aromatic heterocycles. The van der Waals surface area contributed by atoms with E-state index in [0.717, 1.165) is 22.4 Å². The van der Waals surface area contributed by atoms with Crippen LogP contribution in [0.1, 0.15) is 41.0 Å². The largest absolute Gasteiger partial charge is 0.461 e. The van der Waals surface area contributed by atoms with E-state index in [1.54, 1.807) is 11.6 Å². The van der Waals surface area contributed by atoms with E-state index in [-0.39, 0.29) is 18.9 Å². The molecular formula is C23H24Cl2N2O3. The third-order valence-electron chi connectivity index (χ3n) is 4.66. The number of aromatic nitrogens is 2. The predicted octanol–water partition coefficient (Wildman–Crippen LogP) is 5.93. The van der Waals surface area contributed by atoms with Crippen LogP contribution in [0.15, 0.2) is 42.5 Å². The van der Waals surface area contributed by atoms with Crippen molar-refractivity contribution in [1.82, 2.24) is 9.78 Å². The Kier molecular flexibility index (Phi) is 7.53. The number of halogens is 2. The van der Waals surface area contributed by atoms with Gasteiger partial charge >= 0.3 is 5.97 Å². The average molecular weight is 447 g/mol. The highest BCUT2D eigenvalue weighted by molar-refractivity contribution is 6.31. The van der Waals surface area contributed by atoms with E-state index in [2.05, 4.69) is 5.10 Å². The van der Waals surface area contributed by atoms with Crippen LogP contribution in [0.3, 0.4) is 0 Å². The van der Waals surface area contributed by atoms with Crippen molar-refractivity contribution in [3.05, 3.63) is 74.9 Å². The molecule has 0 fully saturated rings. The molecule has 0 amide bonds. The van der Waals surface area contributed by atoms with E-state index in [1.165, 1.54) is 0 Å². The van der Waals surface area contributed by atoms with Crippen LogP contribution in [0, 0.1) is 6.92 Å². The van der Waals surface area contributed by atoms with Crippen LogP contribution in [0.2, 0.25) is 10.0 Å². The van der Waals surface area contributed by atoms with Crippen molar-refractivity contribution in [1.29, 1.82) is 0 Å². The minimum atomic E-state index is -0.469. The van der Waals surface area contributed by atoms with Gasteiger partial charge < -0.3 is 9.47 Å². The van der Waals surface area contributed by atoms with Gasteiger partial charge in [0, 0.05) is 27.8 Å². The fourth-order valence-corrected chi connectivity index (χ4v) is 3.49. The van der Waals surface area contributed by atoms with Crippen LogP contribution in [0.4, 0.5) is 0 Å². The summed E-state index contributed by atoms with van der Waals surface area (Å²) in [5, 5.41) is 5.93. The number of ether oxygens (including phenoxy) is 2. The summed E-state index contributed by atoms with van der Waals surface area (Å²) < 4.78 is 12.7. The third kappa shape index (κ3) is 5.04. The van der Waals surface area contributed by atoms with Crippen LogP contribution >= 0.6 is 23.2 Å². The Morgan fingerprint density at radius 3 is 2.43 bits per heavy atom. The van der Waals surface area contributed by atoms with Gasteiger partial charge in [0.25, 0.3) is 0 Å². The van der Waals surface area contributed by atoms with Crippen LogP contribution in [0.5, 0.6) is 0 Å². The summed E-state index contributed by atoms with van der Waals surface area (Å²) in [6.45, 7) is 7.10. The molecule has 7 heteroatoms. The number of nitrogens with zero attached hydrogens (tertiary/aromatic N) is 2. The molecule has 30 heavy (non-hydrogen) atoms. The number of benzene rings is 2. The Labute approximate surface area is 186 Å². The van der Waals surface area contributed by atoms with Crippen molar-refractivity contribution in [3.63, 3.8) is 0 Å². The Morgan fingerprint density at radius 1 is 1.07 bits per heavy atom. The summed E-state index contributed by atoms with van der Waals surface area (Å²) in [6.07, 6.45) is 0. The normalized spacial score (nSPS) is 11.0. The molecule has 0 radical (unpaired) electrons. The fraction of sp³-hybridized carbons (Fsp3) is 0.304. The Morgan fingerprint density at radius 2 is 1.80 bits per heavy atom. The fourth-order valence-electron chi connectivity index (χ4n) is 3.16. The zero-order valence-corrected chi connectivity index (χ0v) is 18.8. The first-order valence-corrected chi connectivity index (χ1v) is 10.6. The van der Waals surface area contributed by atoms with Gasteiger partial charge in [-0.1, -0.05) is 47.5 Å². The van der Waals surface area contributed by atoms with E-state index in [0.29, 0.717) is 28.8 Å². The van der Waals surface area contributed by atoms with Crippen LogP contribution in [-0.2, 0) is 22.6 Å². The Bertz CT molecular complexity index is 1030. The summed E-state index contributed by atoms with van der Waals surface area (Å²) in [6, 6.07) is 13.3. The van der Waals surface area contributed by atoms with Crippen molar-refractivity contribution >= 4 is 29.2 Å². The lowest BCUT2D eigenvalue weighted by Crippen LogP contribution is -2.09. The first-order chi connectivity index (χ1) is 14.4. The molecule has 0 aliphatic heterocycles. The molecular weight excluding hydrogens is 423 g/mol. The Balaban J connectivity index is 2.15. The maximum atomic E-state index is 12.6. The molecule has 0 saturated carbocycles. The van der Waals surface area contributed by atoms with Crippen molar-refractivity contribution < 1.29 is 14.3 Å². The van der Waals surface area contributed by atoms with Gasteiger partial charge in [-0.2, -0.15) is 5.10 Å². The molecule has 0 unspecified atom stereocenters. The van der Waals surface area contributed by atoms with Gasteiger partial charge in [0.05, 0.1) is 25.5 Å². The summed E-state index contributed by atoms with van der Waals surface area (Å²) in [7, 11) is 0. The molecule has 3 aromatic rings. The SMILES string of the molecule is CCOCc1c(C(=O)OCC)nn(Cc2ccc(C)c(Cl)c2)c1-c1ccc(Cl)cc1. The molecule has 5 nitrogen and oxygen atoms in total. The highest BCUT2D eigenvalue weighted by atomic mass is 35.5. The summed E-state index contributed by atoms with van der Waals surface area (Å²) in [5.74, 6) is -0.469. The maximum Gasteiger partial charge on any atom is 0.359 e. The standard InChI is InChI=1S/C23H24Cl2N2O3/c1-4-29-14-19-21(23(28)30-5-2)26-27(13-16-7-6-15(3)20(25)12-16)22(19)17-8-10-18(24)11-9-17/h6-12H,4-5,13-14H2,1-3H3.